The fraction of sp³-hybridized carbons (Fsp3) is 0.474. The van der Waals surface area contributed by atoms with Crippen molar-refractivity contribution >= 4 is 0 Å². The largest absolute Gasteiger partial charge is 0.468 e. The van der Waals surface area contributed by atoms with Crippen LogP contribution in [0, 0.1) is 11.6 Å². The predicted molar refractivity (Wildman–Crippen MR) is 90.9 cm³/mol. The normalized spacial score (nSPS) is 13.4. The number of rotatable bonds is 8. The molecule has 0 aliphatic carbocycles. The fourth-order valence-corrected chi connectivity index (χ4v) is 2.40. The number of aliphatic hydroxyl groups is 1. The number of nitrogens with zero attached hydrogens (tertiary/aromatic N) is 1. The molecule has 0 aliphatic heterocycles. The van der Waals surface area contributed by atoms with Gasteiger partial charge in [0, 0.05) is 24.7 Å². The zero-order chi connectivity index (χ0) is 18.4. The summed E-state index contributed by atoms with van der Waals surface area (Å²) in [6, 6.07) is 7.08. The lowest BCUT2D eigenvalue weighted by Crippen LogP contribution is -2.36. The van der Waals surface area contributed by atoms with Crippen molar-refractivity contribution in [3.8, 4) is 0 Å². The number of hydrogen-bond donors (Lipinski definition) is 1. The van der Waals surface area contributed by atoms with E-state index in [9.17, 15) is 13.9 Å². The first-order valence-electron chi connectivity index (χ1n) is 8.23. The van der Waals surface area contributed by atoms with E-state index in [0.29, 0.717) is 17.9 Å². The number of aliphatic hydroxyl groups excluding tert-OH is 1. The van der Waals surface area contributed by atoms with Gasteiger partial charge in [-0.2, -0.15) is 0 Å². The number of hydrogen-bond acceptors (Lipinski definition) is 4. The molecule has 0 amide bonds. The number of furan rings is 1. The van der Waals surface area contributed by atoms with Gasteiger partial charge in [0.2, 0.25) is 0 Å². The summed E-state index contributed by atoms with van der Waals surface area (Å²) < 4.78 is 38.0. The molecule has 0 aliphatic rings. The highest BCUT2D eigenvalue weighted by Gasteiger charge is 2.19. The second-order valence-corrected chi connectivity index (χ2v) is 7.06. The summed E-state index contributed by atoms with van der Waals surface area (Å²) in [5.74, 6) is -0.520. The molecule has 6 heteroatoms. The van der Waals surface area contributed by atoms with Crippen LogP contribution in [0.1, 0.15) is 32.1 Å². The maximum absolute atomic E-state index is 14.0. The van der Waals surface area contributed by atoms with Crippen molar-refractivity contribution < 1.29 is 23.0 Å². The third-order valence-electron chi connectivity index (χ3n) is 3.55. The van der Waals surface area contributed by atoms with Crippen molar-refractivity contribution in [2.24, 2.45) is 0 Å². The molecule has 1 heterocycles. The smallest absolute Gasteiger partial charge is 0.130 e. The van der Waals surface area contributed by atoms with Crippen molar-refractivity contribution in [3.05, 3.63) is 59.6 Å². The summed E-state index contributed by atoms with van der Waals surface area (Å²) in [7, 11) is 0. The average Bonchev–Trinajstić information content (AvgIpc) is 3.00. The summed E-state index contributed by atoms with van der Waals surface area (Å²) in [6.07, 6.45) is 0.822. The average molecular weight is 353 g/mol. The van der Waals surface area contributed by atoms with Crippen LogP contribution in [0.4, 0.5) is 8.78 Å². The summed E-state index contributed by atoms with van der Waals surface area (Å²) in [6.45, 7) is 6.80. The first-order valence-corrected chi connectivity index (χ1v) is 8.23. The fourth-order valence-electron chi connectivity index (χ4n) is 2.40. The van der Waals surface area contributed by atoms with Gasteiger partial charge in [0.25, 0.3) is 0 Å². The quantitative estimate of drug-likeness (QED) is 0.785. The zero-order valence-corrected chi connectivity index (χ0v) is 14.8. The van der Waals surface area contributed by atoms with Gasteiger partial charge in [0.05, 0.1) is 31.1 Å². The Balaban J connectivity index is 2.04. The van der Waals surface area contributed by atoms with Crippen LogP contribution in [0.2, 0.25) is 0 Å². The molecule has 4 nitrogen and oxygen atoms in total. The van der Waals surface area contributed by atoms with Crippen LogP contribution in [0.15, 0.2) is 41.0 Å². The molecule has 25 heavy (non-hydrogen) atoms. The molecule has 138 valence electrons. The lowest BCUT2D eigenvalue weighted by atomic mass is 10.1. The summed E-state index contributed by atoms with van der Waals surface area (Å²) in [4.78, 5) is 1.84. The van der Waals surface area contributed by atoms with Crippen LogP contribution in [0.5, 0.6) is 0 Å². The SMILES string of the molecule is CC(C)(C)OC[C@@H](O)CN(Cc1ccco1)Cc1ccc(F)cc1F. The summed E-state index contributed by atoms with van der Waals surface area (Å²) >= 11 is 0. The molecular weight excluding hydrogens is 328 g/mol. The Labute approximate surface area is 147 Å². The minimum absolute atomic E-state index is 0.171. The molecule has 2 rings (SSSR count). The van der Waals surface area contributed by atoms with E-state index in [1.807, 2.05) is 31.7 Å². The molecule has 0 fully saturated rings. The van der Waals surface area contributed by atoms with E-state index < -0.39 is 17.7 Å². The molecule has 1 atom stereocenters. The molecular formula is C19H25F2NO3. The molecule has 0 saturated carbocycles. The van der Waals surface area contributed by atoms with Crippen LogP contribution in [0.25, 0.3) is 0 Å². The maximum atomic E-state index is 14.0. The number of halogens is 2. The Kier molecular flexibility index (Phi) is 6.70. The van der Waals surface area contributed by atoms with Gasteiger partial charge in [-0.15, -0.1) is 0 Å². The van der Waals surface area contributed by atoms with Crippen LogP contribution in [-0.2, 0) is 17.8 Å². The molecule has 2 aromatic rings. The van der Waals surface area contributed by atoms with Crippen molar-refractivity contribution in [1.29, 1.82) is 0 Å². The lowest BCUT2D eigenvalue weighted by Gasteiger charge is -2.27. The van der Waals surface area contributed by atoms with E-state index in [4.69, 9.17) is 9.15 Å². The van der Waals surface area contributed by atoms with Crippen molar-refractivity contribution in [3.63, 3.8) is 0 Å². The second-order valence-electron chi connectivity index (χ2n) is 7.06. The van der Waals surface area contributed by atoms with Gasteiger partial charge >= 0.3 is 0 Å². The van der Waals surface area contributed by atoms with Crippen molar-refractivity contribution in [2.45, 2.75) is 45.6 Å². The molecule has 1 aromatic carbocycles. The van der Waals surface area contributed by atoms with E-state index in [0.717, 1.165) is 6.07 Å². The first-order chi connectivity index (χ1) is 11.7. The lowest BCUT2D eigenvalue weighted by molar-refractivity contribution is -0.0576. The minimum atomic E-state index is -0.738. The highest BCUT2D eigenvalue weighted by Crippen LogP contribution is 2.16. The highest BCUT2D eigenvalue weighted by molar-refractivity contribution is 5.18. The Morgan fingerprint density at radius 1 is 1.20 bits per heavy atom. The second kappa shape index (κ2) is 8.56. The molecule has 0 radical (unpaired) electrons. The first kappa shape index (κ1) is 19.6. The Morgan fingerprint density at radius 3 is 2.56 bits per heavy atom. The summed E-state index contributed by atoms with van der Waals surface area (Å²) in [5, 5.41) is 10.3. The van der Waals surface area contributed by atoms with Crippen LogP contribution in [-0.4, -0.2) is 34.9 Å². The molecule has 0 saturated heterocycles. The monoisotopic (exact) mass is 353 g/mol. The van der Waals surface area contributed by atoms with Gasteiger partial charge in [0.15, 0.2) is 0 Å². The standard InChI is InChI=1S/C19H25F2NO3/c1-19(2,3)25-13-16(23)11-22(12-17-5-4-8-24-17)10-14-6-7-15(20)9-18(14)21/h4-9,16,23H,10-13H2,1-3H3/t16-/m0/s1. The topological polar surface area (TPSA) is 45.8 Å². The Morgan fingerprint density at radius 2 is 1.96 bits per heavy atom. The van der Waals surface area contributed by atoms with E-state index in [1.54, 1.807) is 12.3 Å². The predicted octanol–water partition coefficient (Wildman–Crippen LogP) is 3.74. The third-order valence-corrected chi connectivity index (χ3v) is 3.55. The third kappa shape index (κ3) is 6.94. The minimum Gasteiger partial charge on any atom is -0.468 e. The molecule has 1 aromatic heterocycles. The van der Waals surface area contributed by atoms with Crippen molar-refractivity contribution in [2.75, 3.05) is 13.2 Å². The zero-order valence-electron chi connectivity index (χ0n) is 14.8. The van der Waals surface area contributed by atoms with E-state index in [2.05, 4.69) is 0 Å². The molecule has 1 N–H and O–H groups in total. The van der Waals surface area contributed by atoms with E-state index >= 15 is 0 Å². The van der Waals surface area contributed by atoms with E-state index in [1.165, 1.54) is 12.1 Å². The highest BCUT2D eigenvalue weighted by atomic mass is 19.1. The molecule has 0 unspecified atom stereocenters. The van der Waals surface area contributed by atoms with Crippen LogP contribution < -0.4 is 0 Å². The van der Waals surface area contributed by atoms with Crippen LogP contribution in [0.3, 0.4) is 0 Å². The number of ether oxygens (including phenoxy) is 1. The van der Waals surface area contributed by atoms with Crippen LogP contribution >= 0.6 is 0 Å². The Bertz CT molecular complexity index is 653. The van der Waals surface area contributed by atoms with Gasteiger partial charge in [0.1, 0.15) is 17.4 Å². The molecule has 0 bridgehead atoms. The number of benzene rings is 1. The maximum Gasteiger partial charge on any atom is 0.130 e. The van der Waals surface area contributed by atoms with Gasteiger partial charge < -0.3 is 14.3 Å². The van der Waals surface area contributed by atoms with Gasteiger partial charge in [-0.05, 0) is 39.0 Å². The van der Waals surface area contributed by atoms with Gasteiger partial charge in [-0.3, -0.25) is 4.90 Å². The van der Waals surface area contributed by atoms with Gasteiger partial charge in [-0.25, -0.2) is 8.78 Å². The van der Waals surface area contributed by atoms with E-state index in [-0.39, 0.29) is 25.3 Å². The van der Waals surface area contributed by atoms with Gasteiger partial charge in [-0.1, -0.05) is 6.07 Å². The molecule has 0 spiro atoms. The summed E-state index contributed by atoms with van der Waals surface area (Å²) in [5.41, 5.74) is 0.00693. The van der Waals surface area contributed by atoms with Crippen molar-refractivity contribution in [1.82, 2.24) is 4.90 Å². The Hall–Kier alpha value is -1.76.